The highest BCUT2D eigenvalue weighted by molar-refractivity contribution is 9.09. The van der Waals surface area contributed by atoms with Gasteiger partial charge in [0.1, 0.15) is 0 Å². The van der Waals surface area contributed by atoms with E-state index in [1.807, 2.05) is 4.90 Å². The summed E-state index contributed by atoms with van der Waals surface area (Å²) in [6, 6.07) is 0. The molecule has 1 aliphatic heterocycles. The summed E-state index contributed by atoms with van der Waals surface area (Å²) < 4.78 is 0. The van der Waals surface area contributed by atoms with E-state index in [2.05, 4.69) is 15.9 Å². The summed E-state index contributed by atoms with van der Waals surface area (Å²) in [7, 11) is 0. The second-order valence-corrected chi connectivity index (χ2v) is 4.03. The maximum Gasteiger partial charge on any atom is 0.223 e. The molecule has 0 N–H and O–H groups in total. The van der Waals surface area contributed by atoms with Crippen LogP contribution in [-0.4, -0.2) is 29.2 Å². The first kappa shape index (κ1) is 10.0. The lowest BCUT2D eigenvalue weighted by molar-refractivity contribution is -0.130. The molecular formula is C9H16BrNO. The monoisotopic (exact) mass is 233 g/mol. The SMILES string of the molecule is O=C(CCBr)N1CCCCCC1. The molecule has 0 spiro atoms. The molecule has 0 aliphatic carbocycles. The van der Waals surface area contributed by atoms with E-state index >= 15 is 0 Å². The zero-order chi connectivity index (χ0) is 8.81. The molecule has 2 nitrogen and oxygen atoms in total. The molecule has 0 aromatic rings. The second-order valence-electron chi connectivity index (χ2n) is 3.23. The van der Waals surface area contributed by atoms with E-state index in [1.54, 1.807) is 0 Å². The van der Waals surface area contributed by atoms with Gasteiger partial charge >= 0.3 is 0 Å². The third-order valence-corrected chi connectivity index (χ3v) is 2.66. The van der Waals surface area contributed by atoms with E-state index in [4.69, 9.17) is 0 Å². The van der Waals surface area contributed by atoms with E-state index in [1.165, 1.54) is 25.7 Å². The van der Waals surface area contributed by atoms with Gasteiger partial charge in [0.2, 0.25) is 5.91 Å². The summed E-state index contributed by atoms with van der Waals surface area (Å²) >= 11 is 3.29. The number of hydrogen-bond acceptors (Lipinski definition) is 1. The van der Waals surface area contributed by atoms with Crippen LogP contribution in [0.15, 0.2) is 0 Å². The van der Waals surface area contributed by atoms with Crippen LogP contribution >= 0.6 is 15.9 Å². The molecule has 1 rings (SSSR count). The second kappa shape index (κ2) is 5.57. The predicted octanol–water partition coefficient (Wildman–Crippen LogP) is 2.17. The van der Waals surface area contributed by atoms with E-state index < -0.39 is 0 Å². The molecule has 0 aromatic heterocycles. The van der Waals surface area contributed by atoms with Crippen LogP contribution in [0, 0.1) is 0 Å². The first-order valence-corrected chi connectivity index (χ1v) is 5.80. The number of carbonyl (C=O) groups is 1. The van der Waals surface area contributed by atoms with Gasteiger partial charge in [0.25, 0.3) is 0 Å². The average Bonchev–Trinajstić information content (AvgIpc) is 2.32. The Kier molecular flexibility index (Phi) is 4.66. The van der Waals surface area contributed by atoms with Crippen molar-refractivity contribution in [2.75, 3.05) is 18.4 Å². The van der Waals surface area contributed by atoms with E-state index in [-0.39, 0.29) is 0 Å². The number of hydrogen-bond donors (Lipinski definition) is 0. The minimum Gasteiger partial charge on any atom is -0.343 e. The van der Waals surface area contributed by atoms with Crippen LogP contribution in [-0.2, 0) is 4.79 Å². The van der Waals surface area contributed by atoms with Crippen LogP contribution in [0.5, 0.6) is 0 Å². The van der Waals surface area contributed by atoms with Crippen molar-refractivity contribution in [1.82, 2.24) is 4.90 Å². The topological polar surface area (TPSA) is 20.3 Å². The van der Waals surface area contributed by atoms with E-state index in [9.17, 15) is 4.79 Å². The van der Waals surface area contributed by atoms with Gasteiger partial charge in [-0.1, -0.05) is 28.8 Å². The highest BCUT2D eigenvalue weighted by Gasteiger charge is 2.13. The summed E-state index contributed by atoms with van der Waals surface area (Å²) in [5, 5.41) is 0.794. The first-order valence-electron chi connectivity index (χ1n) is 4.68. The van der Waals surface area contributed by atoms with Crippen molar-refractivity contribution in [3.8, 4) is 0 Å². The molecule has 0 bridgehead atoms. The van der Waals surface area contributed by atoms with Crippen molar-refractivity contribution in [2.45, 2.75) is 32.1 Å². The number of nitrogens with zero attached hydrogens (tertiary/aromatic N) is 1. The van der Waals surface area contributed by atoms with E-state index in [0.29, 0.717) is 12.3 Å². The molecule has 3 heteroatoms. The molecule has 0 atom stereocenters. The van der Waals surface area contributed by atoms with Crippen molar-refractivity contribution in [3.63, 3.8) is 0 Å². The predicted molar refractivity (Wildman–Crippen MR) is 53.5 cm³/mol. The Hall–Kier alpha value is -0.0500. The molecule has 0 unspecified atom stereocenters. The molecule has 12 heavy (non-hydrogen) atoms. The lowest BCUT2D eigenvalue weighted by Crippen LogP contribution is -2.31. The molecule has 1 aliphatic rings. The number of alkyl halides is 1. The standard InChI is InChI=1S/C9H16BrNO/c10-6-5-9(12)11-7-3-1-2-4-8-11/h1-8H2. The Labute approximate surface area is 82.4 Å². The van der Waals surface area contributed by atoms with Crippen molar-refractivity contribution in [1.29, 1.82) is 0 Å². The van der Waals surface area contributed by atoms with Crippen molar-refractivity contribution >= 4 is 21.8 Å². The molecule has 0 aromatic carbocycles. The van der Waals surface area contributed by atoms with Crippen LogP contribution in [0.25, 0.3) is 0 Å². The molecule has 70 valence electrons. The molecule has 0 saturated carbocycles. The zero-order valence-corrected chi connectivity index (χ0v) is 8.98. The van der Waals surface area contributed by atoms with Crippen LogP contribution < -0.4 is 0 Å². The summed E-state index contributed by atoms with van der Waals surface area (Å²) in [5.41, 5.74) is 0. The molecule has 1 heterocycles. The Morgan fingerprint density at radius 1 is 1.17 bits per heavy atom. The van der Waals surface area contributed by atoms with Gasteiger partial charge in [-0.3, -0.25) is 4.79 Å². The number of halogens is 1. The van der Waals surface area contributed by atoms with Crippen molar-refractivity contribution in [2.24, 2.45) is 0 Å². The molecule has 1 fully saturated rings. The van der Waals surface area contributed by atoms with Gasteiger partial charge < -0.3 is 4.90 Å². The normalized spacial score (nSPS) is 18.9. The summed E-state index contributed by atoms with van der Waals surface area (Å²) in [4.78, 5) is 13.5. The minimum absolute atomic E-state index is 0.314. The van der Waals surface area contributed by atoms with Crippen molar-refractivity contribution < 1.29 is 4.79 Å². The third kappa shape index (κ3) is 3.13. The van der Waals surface area contributed by atoms with Gasteiger partial charge in [0.15, 0.2) is 0 Å². The maximum absolute atomic E-state index is 11.4. The Morgan fingerprint density at radius 3 is 2.25 bits per heavy atom. The minimum atomic E-state index is 0.314. The Morgan fingerprint density at radius 2 is 1.75 bits per heavy atom. The van der Waals surface area contributed by atoms with E-state index in [0.717, 1.165) is 18.4 Å². The number of likely N-dealkylation sites (tertiary alicyclic amines) is 1. The highest BCUT2D eigenvalue weighted by atomic mass is 79.9. The van der Waals surface area contributed by atoms with Gasteiger partial charge in [0.05, 0.1) is 0 Å². The van der Waals surface area contributed by atoms with Gasteiger partial charge in [-0.05, 0) is 12.8 Å². The van der Waals surface area contributed by atoms with Crippen LogP contribution in [0.2, 0.25) is 0 Å². The zero-order valence-electron chi connectivity index (χ0n) is 7.39. The first-order chi connectivity index (χ1) is 5.84. The summed E-state index contributed by atoms with van der Waals surface area (Å²) in [6.45, 7) is 1.96. The fourth-order valence-corrected chi connectivity index (χ4v) is 1.90. The fourth-order valence-electron chi connectivity index (χ4n) is 1.56. The molecule has 1 saturated heterocycles. The Balaban J connectivity index is 2.32. The Bertz CT molecular complexity index is 141. The van der Waals surface area contributed by atoms with Gasteiger partial charge in [-0.25, -0.2) is 0 Å². The van der Waals surface area contributed by atoms with Crippen LogP contribution in [0.3, 0.4) is 0 Å². The van der Waals surface area contributed by atoms with Crippen LogP contribution in [0.4, 0.5) is 0 Å². The largest absolute Gasteiger partial charge is 0.343 e. The molecular weight excluding hydrogens is 218 g/mol. The lowest BCUT2D eigenvalue weighted by atomic mass is 10.2. The van der Waals surface area contributed by atoms with Gasteiger partial charge in [-0.2, -0.15) is 0 Å². The lowest BCUT2D eigenvalue weighted by Gasteiger charge is -2.19. The van der Waals surface area contributed by atoms with Crippen molar-refractivity contribution in [3.05, 3.63) is 0 Å². The smallest absolute Gasteiger partial charge is 0.223 e. The number of carbonyl (C=O) groups excluding carboxylic acids is 1. The maximum atomic E-state index is 11.4. The quantitative estimate of drug-likeness (QED) is 0.670. The van der Waals surface area contributed by atoms with Gasteiger partial charge in [0, 0.05) is 24.8 Å². The molecule has 0 radical (unpaired) electrons. The highest BCUT2D eigenvalue weighted by Crippen LogP contribution is 2.10. The average molecular weight is 234 g/mol. The summed E-state index contributed by atoms with van der Waals surface area (Å²) in [6.07, 6.45) is 5.61. The number of amides is 1. The third-order valence-electron chi connectivity index (χ3n) is 2.27. The van der Waals surface area contributed by atoms with Crippen LogP contribution in [0.1, 0.15) is 32.1 Å². The fraction of sp³-hybridized carbons (Fsp3) is 0.889. The van der Waals surface area contributed by atoms with Gasteiger partial charge in [-0.15, -0.1) is 0 Å². The molecule has 1 amide bonds. The number of rotatable bonds is 2. The summed E-state index contributed by atoms with van der Waals surface area (Å²) in [5.74, 6) is 0.314.